The normalized spacial score (nSPS) is 14.7. The molecular weight excluding hydrogens is 184 g/mol. The Balaban J connectivity index is 2.09. The molecule has 0 aliphatic carbocycles. The van der Waals surface area contributed by atoms with Gasteiger partial charge >= 0.3 is 0 Å². The van der Waals surface area contributed by atoms with Crippen LogP contribution in [0.1, 0.15) is 12.5 Å². The SMILES string of the molecule is C/C=C/CNc1ccc2c(c1)CCN2C. The van der Waals surface area contributed by atoms with Crippen LogP contribution in [0.4, 0.5) is 11.4 Å². The van der Waals surface area contributed by atoms with E-state index in [1.54, 1.807) is 0 Å². The molecule has 0 radical (unpaired) electrons. The minimum Gasteiger partial charge on any atom is -0.382 e. The maximum Gasteiger partial charge on any atom is 0.0398 e. The molecule has 0 aromatic heterocycles. The molecule has 0 saturated carbocycles. The molecule has 0 spiro atoms. The molecule has 2 rings (SSSR count). The van der Waals surface area contributed by atoms with Gasteiger partial charge in [-0.15, -0.1) is 0 Å². The van der Waals surface area contributed by atoms with Crippen molar-refractivity contribution in [1.82, 2.24) is 0 Å². The Morgan fingerprint density at radius 1 is 1.47 bits per heavy atom. The standard InChI is InChI=1S/C13H18N2/c1-3-4-8-14-12-5-6-13-11(10-12)7-9-15(13)2/h3-6,10,14H,7-9H2,1-2H3/b4-3+. The molecule has 1 aromatic carbocycles. The third-order valence-electron chi connectivity index (χ3n) is 2.87. The smallest absolute Gasteiger partial charge is 0.0398 e. The first-order valence-electron chi connectivity index (χ1n) is 5.50. The first kappa shape index (κ1) is 10.1. The van der Waals surface area contributed by atoms with Crippen LogP contribution in [0.15, 0.2) is 30.4 Å². The predicted octanol–water partition coefficient (Wildman–Crippen LogP) is 2.67. The van der Waals surface area contributed by atoms with Crippen molar-refractivity contribution in [2.45, 2.75) is 13.3 Å². The summed E-state index contributed by atoms with van der Waals surface area (Å²) in [5, 5.41) is 3.38. The Morgan fingerprint density at radius 3 is 3.13 bits per heavy atom. The highest BCUT2D eigenvalue weighted by Gasteiger charge is 2.14. The lowest BCUT2D eigenvalue weighted by atomic mass is 10.1. The molecule has 0 saturated heterocycles. The zero-order chi connectivity index (χ0) is 10.7. The lowest BCUT2D eigenvalue weighted by Crippen LogP contribution is -2.12. The molecule has 15 heavy (non-hydrogen) atoms. The Labute approximate surface area is 91.6 Å². The summed E-state index contributed by atoms with van der Waals surface area (Å²) in [5.74, 6) is 0. The van der Waals surface area contributed by atoms with Crippen LogP contribution in [-0.4, -0.2) is 20.1 Å². The number of benzene rings is 1. The number of anilines is 2. The Bertz CT molecular complexity index is 369. The number of likely N-dealkylation sites (N-methyl/N-ethyl adjacent to an activating group) is 1. The average molecular weight is 202 g/mol. The molecular formula is C13H18N2. The molecule has 0 atom stereocenters. The van der Waals surface area contributed by atoms with Crippen LogP contribution in [0.3, 0.4) is 0 Å². The third kappa shape index (κ3) is 2.14. The van der Waals surface area contributed by atoms with Crippen molar-refractivity contribution in [3.05, 3.63) is 35.9 Å². The van der Waals surface area contributed by atoms with Gasteiger partial charge in [-0.25, -0.2) is 0 Å². The number of fused-ring (bicyclic) bond motifs is 1. The van der Waals surface area contributed by atoms with Gasteiger partial charge in [-0.2, -0.15) is 0 Å². The van der Waals surface area contributed by atoms with E-state index >= 15 is 0 Å². The fourth-order valence-electron chi connectivity index (χ4n) is 1.97. The third-order valence-corrected chi connectivity index (χ3v) is 2.87. The van der Waals surface area contributed by atoms with Gasteiger partial charge in [-0.1, -0.05) is 12.2 Å². The second kappa shape index (κ2) is 4.39. The minimum atomic E-state index is 0.908. The molecule has 0 amide bonds. The molecule has 0 bridgehead atoms. The highest BCUT2D eigenvalue weighted by Crippen LogP contribution is 2.28. The maximum atomic E-state index is 3.38. The highest BCUT2D eigenvalue weighted by molar-refractivity contribution is 5.63. The van der Waals surface area contributed by atoms with Crippen LogP contribution in [0.2, 0.25) is 0 Å². The van der Waals surface area contributed by atoms with Gasteiger partial charge in [0.25, 0.3) is 0 Å². The first-order valence-corrected chi connectivity index (χ1v) is 5.50. The second-order valence-electron chi connectivity index (χ2n) is 3.96. The van der Waals surface area contributed by atoms with E-state index in [9.17, 15) is 0 Å². The predicted molar refractivity (Wildman–Crippen MR) is 66.7 cm³/mol. The van der Waals surface area contributed by atoms with Crippen molar-refractivity contribution >= 4 is 11.4 Å². The summed E-state index contributed by atoms with van der Waals surface area (Å²) >= 11 is 0. The summed E-state index contributed by atoms with van der Waals surface area (Å²) in [5.41, 5.74) is 4.07. The number of rotatable bonds is 3. The quantitative estimate of drug-likeness (QED) is 0.758. The van der Waals surface area contributed by atoms with E-state index in [2.05, 4.69) is 47.6 Å². The highest BCUT2D eigenvalue weighted by atomic mass is 15.1. The van der Waals surface area contributed by atoms with Gasteiger partial charge in [-0.05, 0) is 37.1 Å². The lowest BCUT2D eigenvalue weighted by molar-refractivity contribution is 0.956. The van der Waals surface area contributed by atoms with Gasteiger partial charge in [-0.3, -0.25) is 0 Å². The average Bonchev–Trinajstić information content (AvgIpc) is 2.61. The Hall–Kier alpha value is -1.44. The van der Waals surface area contributed by atoms with E-state index in [-0.39, 0.29) is 0 Å². The molecule has 1 heterocycles. The van der Waals surface area contributed by atoms with E-state index in [0.717, 1.165) is 13.1 Å². The molecule has 0 fully saturated rings. The fourth-order valence-corrected chi connectivity index (χ4v) is 1.97. The topological polar surface area (TPSA) is 15.3 Å². The number of allylic oxidation sites excluding steroid dienone is 1. The zero-order valence-electron chi connectivity index (χ0n) is 9.46. The number of nitrogens with zero attached hydrogens (tertiary/aromatic N) is 1. The molecule has 1 aliphatic rings. The van der Waals surface area contributed by atoms with Crippen LogP contribution >= 0.6 is 0 Å². The monoisotopic (exact) mass is 202 g/mol. The molecule has 1 aliphatic heterocycles. The summed E-state index contributed by atoms with van der Waals surface area (Å²) < 4.78 is 0. The van der Waals surface area contributed by atoms with Crippen molar-refractivity contribution < 1.29 is 0 Å². The van der Waals surface area contributed by atoms with Crippen molar-refractivity contribution in [3.8, 4) is 0 Å². The lowest BCUT2D eigenvalue weighted by Gasteiger charge is -2.12. The van der Waals surface area contributed by atoms with Gasteiger partial charge < -0.3 is 10.2 Å². The van der Waals surface area contributed by atoms with Gasteiger partial charge in [0.2, 0.25) is 0 Å². The van der Waals surface area contributed by atoms with Crippen LogP contribution in [0, 0.1) is 0 Å². The van der Waals surface area contributed by atoms with Crippen LogP contribution in [0.5, 0.6) is 0 Å². The van der Waals surface area contributed by atoms with Crippen LogP contribution < -0.4 is 10.2 Å². The van der Waals surface area contributed by atoms with Gasteiger partial charge in [0.1, 0.15) is 0 Å². The van der Waals surface area contributed by atoms with E-state index in [4.69, 9.17) is 0 Å². The molecule has 0 unspecified atom stereocenters. The van der Waals surface area contributed by atoms with Crippen molar-refractivity contribution in [2.75, 3.05) is 30.4 Å². The van der Waals surface area contributed by atoms with Crippen LogP contribution in [0.25, 0.3) is 0 Å². The Morgan fingerprint density at radius 2 is 2.33 bits per heavy atom. The van der Waals surface area contributed by atoms with E-state index < -0.39 is 0 Å². The maximum absolute atomic E-state index is 3.38. The largest absolute Gasteiger partial charge is 0.382 e. The summed E-state index contributed by atoms with van der Waals surface area (Å²) in [6.07, 6.45) is 5.36. The molecule has 1 aromatic rings. The number of hydrogen-bond donors (Lipinski definition) is 1. The molecule has 80 valence electrons. The summed E-state index contributed by atoms with van der Waals surface area (Å²) in [7, 11) is 2.15. The number of nitrogens with one attached hydrogen (secondary N) is 1. The zero-order valence-corrected chi connectivity index (χ0v) is 9.46. The van der Waals surface area contributed by atoms with Gasteiger partial charge in [0.05, 0.1) is 0 Å². The van der Waals surface area contributed by atoms with Gasteiger partial charge in [0, 0.05) is 31.5 Å². The van der Waals surface area contributed by atoms with E-state index in [1.165, 1.54) is 23.4 Å². The molecule has 2 heteroatoms. The summed E-state index contributed by atoms with van der Waals surface area (Å²) in [6, 6.07) is 6.63. The molecule has 2 nitrogen and oxygen atoms in total. The second-order valence-corrected chi connectivity index (χ2v) is 3.96. The minimum absolute atomic E-state index is 0.908. The molecule has 1 N–H and O–H groups in total. The van der Waals surface area contributed by atoms with Gasteiger partial charge in [0.15, 0.2) is 0 Å². The fraction of sp³-hybridized carbons (Fsp3) is 0.385. The first-order chi connectivity index (χ1) is 7.31. The summed E-state index contributed by atoms with van der Waals surface area (Å²) in [4.78, 5) is 2.31. The van der Waals surface area contributed by atoms with Crippen molar-refractivity contribution in [1.29, 1.82) is 0 Å². The Kier molecular flexibility index (Phi) is 2.95. The van der Waals surface area contributed by atoms with Crippen molar-refractivity contribution in [2.24, 2.45) is 0 Å². The number of hydrogen-bond acceptors (Lipinski definition) is 2. The van der Waals surface area contributed by atoms with Crippen molar-refractivity contribution in [3.63, 3.8) is 0 Å². The van der Waals surface area contributed by atoms with E-state index in [1.807, 2.05) is 6.92 Å². The summed E-state index contributed by atoms with van der Waals surface area (Å²) in [6.45, 7) is 4.10. The van der Waals surface area contributed by atoms with Crippen LogP contribution in [-0.2, 0) is 6.42 Å². The van der Waals surface area contributed by atoms with E-state index in [0.29, 0.717) is 0 Å².